The molecule has 0 saturated carbocycles. The highest BCUT2D eigenvalue weighted by molar-refractivity contribution is 14.0. The lowest BCUT2D eigenvalue weighted by atomic mass is 10.0. The van der Waals surface area contributed by atoms with Gasteiger partial charge in [0.05, 0.1) is 12.7 Å². The van der Waals surface area contributed by atoms with Crippen LogP contribution in [0.5, 0.6) is 0 Å². The molecule has 0 spiro atoms. The number of aliphatic imine (C=N–C) groups is 1. The van der Waals surface area contributed by atoms with Gasteiger partial charge in [-0.15, -0.1) is 24.0 Å². The van der Waals surface area contributed by atoms with Gasteiger partial charge in [-0.3, -0.25) is 9.67 Å². The lowest BCUT2D eigenvalue weighted by molar-refractivity contribution is 0.380. The first-order valence-corrected chi connectivity index (χ1v) is 10.6. The third-order valence-electron chi connectivity index (χ3n) is 5.18. The molecule has 1 aliphatic rings. The Kier molecular flexibility index (Phi) is 8.30. The van der Waals surface area contributed by atoms with Crippen LogP contribution in [0.25, 0.3) is 11.4 Å². The van der Waals surface area contributed by atoms with Gasteiger partial charge in [0, 0.05) is 55.8 Å². The average Bonchev–Trinajstić information content (AvgIpc) is 3.48. The van der Waals surface area contributed by atoms with Crippen molar-refractivity contribution in [2.24, 2.45) is 12.0 Å². The van der Waals surface area contributed by atoms with Crippen LogP contribution >= 0.6 is 35.6 Å². The van der Waals surface area contributed by atoms with Crippen molar-refractivity contribution in [3.05, 3.63) is 53.1 Å². The SMILES string of the molecule is CCNC(=NCCc1nc(-c2ccc(Cl)cc2)no1)N1CCC(c2cnn(C)c2)C1.I. The van der Waals surface area contributed by atoms with Crippen LogP contribution in [0, 0.1) is 0 Å². The summed E-state index contributed by atoms with van der Waals surface area (Å²) in [7, 11) is 1.96. The maximum atomic E-state index is 5.93. The molecule has 0 aliphatic carbocycles. The molecule has 3 heterocycles. The third-order valence-corrected chi connectivity index (χ3v) is 5.43. The molecule has 1 N–H and O–H groups in total. The monoisotopic (exact) mass is 555 g/mol. The van der Waals surface area contributed by atoms with Gasteiger partial charge < -0.3 is 14.7 Å². The number of nitrogens with one attached hydrogen (secondary N) is 1. The molecule has 0 radical (unpaired) electrons. The van der Waals surface area contributed by atoms with Crippen LogP contribution in [0.4, 0.5) is 0 Å². The van der Waals surface area contributed by atoms with Crippen LogP contribution < -0.4 is 5.32 Å². The van der Waals surface area contributed by atoms with Crippen LogP contribution in [0.15, 0.2) is 46.2 Å². The van der Waals surface area contributed by atoms with E-state index in [4.69, 9.17) is 21.1 Å². The summed E-state index contributed by atoms with van der Waals surface area (Å²) in [5.41, 5.74) is 2.17. The highest BCUT2D eigenvalue weighted by atomic mass is 127. The van der Waals surface area contributed by atoms with Crippen molar-refractivity contribution in [2.75, 3.05) is 26.2 Å². The van der Waals surface area contributed by atoms with Gasteiger partial charge >= 0.3 is 0 Å². The zero-order valence-corrected chi connectivity index (χ0v) is 20.7. The van der Waals surface area contributed by atoms with E-state index in [0.717, 1.165) is 37.6 Å². The highest BCUT2D eigenvalue weighted by Crippen LogP contribution is 2.26. The van der Waals surface area contributed by atoms with Crippen LogP contribution in [0.1, 0.15) is 30.7 Å². The Bertz CT molecular complexity index is 1000. The van der Waals surface area contributed by atoms with Crippen molar-refractivity contribution in [1.29, 1.82) is 0 Å². The van der Waals surface area contributed by atoms with Gasteiger partial charge in [0.2, 0.25) is 11.7 Å². The van der Waals surface area contributed by atoms with Crippen molar-refractivity contribution >= 4 is 41.5 Å². The van der Waals surface area contributed by atoms with Crippen molar-refractivity contribution in [2.45, 2.75) is 25.7 Å². The number of guanidine groups is 1. The number of aromatic nitrogens is 4. The van der Waals surface area contributed by atoms with Gasteiger partial charge in [0.25, 0.3) is 0 Å². The first-order chi connectivity index (χ1) is 14.6. The van der Waals surface area contributed by atoms with E-state index in [-0.39, 0.29) is 24.0 Å². The lowest BCUT2D eigenvalue weighted by Gasteiger charge is -2.21. The van der Waals surface area contributed by atoms with Gasteiger partial charge in [-0.2, -0.15) is 10.1 Å². The second-order valence-corrected chi connectivity index (χ2v) is 7.82. The summed E-state index contributed by atoms with van der Waals surface area (Å²) >= 11 is 5.93. The molecule has 4 rings (SSSR count). The molecular formula is C21H27ClIN7O. The smallest absolute Gasteiger partial charge is 0.228 e. The predicted octanol–water partition coefficient (Wildman–Crippen LogP) is 3.74. The quantitative estimate of drug-likeness (QED) is 0.283. The molecule has 10 heteroatoms. The molecule has 3 aromatic rings. The average molecular weight is 556 g/mol. The summed E-state index contributed by atoms with van der Waals surface area (Å²) in [4.78, 5) is 11.6. The molecule has 31 heavy (non-hydrogen) atoms. The van der Waals surface area contributed by atoms with Crippen LogP contribution in [0.2, 0.25) is 5.02 Å². The number of benzene rings is 1. The fourth-order valence-electron chi connectivity index (χ4n) is 3.63. The Morgan fingerprint density at radius 1 is 1.32 bits per heavy atom. The van der Waals surface area contributed by atoms with Gasteiger partial charge in [0.15, 0.2) is 5.96 Å². The minimum absolute atomic E-state index is 0. The summed E-state index contributed by atoms with van der Waals surface area (Å²) in [6.45, 7) is 5.42. The molecule has 0 amide bonds. The molecule has 1 aromatic carbocycles. The summed E-state index contributed by atoms with van der Waals surface area (Å²) in [5.74, 6) is 2.56. The Hall–Kier alpha value is -2.14. The molecule has 1 aliphatic heterocycles. The normalized spacial score (nSPS) is 16.4. The first-order valence-electron chi connectivity index (χ1n) is 10.2. The van der Waals surface area contributed by atoms with E-state index in [0.29, 0.717) is 35.6 Å². The van der Waals surface area contributed by atoms with E-state index in [2.05, 4.69) is 38.6 Å². The Morgan fingerprint density at radius 3 is 2.84 bits per heavy atom. The Morgan fingerprint density at radius 2 is 2.13 bits per heavy atom. The maximum absolute atomic E-state index is 5.93. The zero-order chi connectivity index (χ0) is 20.9. The highest BCUT2D eigenvalue weighted by Gasteiger charge is 2.26. The molecule has 1 atom stereocenters. The molecular weight excluding hydrogens is 529 g/mol. The van der Waals surface area contributed by atoms with Crippen molar-refractivity contribution in [3.8, 4) is 11.4 Å². The van der Waals surface area contributed by atoms with Gasteiger partial charge in [-0.05, 0) is 43.2 Å². The third kappa shape index (κ3) is 5.97. The predicted molar refractivity (Wildman–Crippen MR) is 132 cm³/mol. The van der Waals surface area contributed by atoms with Gasteiger partial charge in [0.1, 0.15) is 0 Å². The standard InChI is InChI=1S/C21H26ClN7O.HI/c1-3-23-21(29-11-9-16(14-29)17-12-25-28(2)13-17)24-10-8-19-26-20(27-30-19)15-4-6-18(22)7-5-15;/h4-7,12-13,16H,3,8-11,14H2,1-2H3,(H,23,24);1H. The number of hydrogen-bond donors (Lipinski definition) is 1. The molecule has 166 valence electrons. The van der Waals surface area contributed by atoms with E-state index >= 15 is 0 Å². The van der Waals surface area contributed by atoms with E-state index in [1.54, 1.807) is 0 Å². The number of nitrogens with zero attached hydrogens (tertiary/aromatic N) is 6. The Balaban J connectivity index is 0.00000272. The van der Waals surface area contributed by atoms with Crippen molar-refractivity contribution in [3.63, 3.8) is 0 Å². The van der Waals surface area contributed by atoms with E-state index in [9.17, 15) is 0 Å². The fraction of sp³-hybridized carbons (Fsp3) is 0.429. The summed E-state index contributed by atoms with van der Waals surface area (Å²) < 4.78 is 7.25. The van der Waals surface area contributed by atoms with E-state index in [1.165, 1.54) is 5.56 Å². The van der Waals surface area contributed by atoms with Crippen molar-refractivity contribution in [1.82, 2.24) is 30.1 Å². The zero-order valence-electron chi connectivity index (χ0n) is 17.7. The molecule has 1 unspecified atom stereocenters. The van der Waals surface area contributed by atoms with Crippen LogP contribution in [0.3, 0.4) is 0 Å². The summed E-state index contributed by atoms with van der Waals surface area (Å²) in [5, 5.41) is 12.4. The van der Waals surface area contributed by atoms with Crippen molar-refractivity contribution < 1.29 is 4.52 Å². The van der Waals surface area contributed by atoms with E-state index in [1.807, 2.05) is 42.2 Å². The number of halogens is 2. The number of hydrogen-bond acceptors (Lipinski definition) is 5. The summed E-state index contributed by atoms with van der Waals surface area (Å²) in [6, 6.07) is 7.39. The number of rotatable bonds is 6. The van der Waals surface area contributed by atoms with Crippen LogP contribution in [-0.4, -0.2) is 57.0 Å². The molecule has 2 aromatic heterocycles. The second kappa shape index (κ2) is 10.9. The fourth-order valence-corrected chi connectivity index (χ4v) is 3.76. The van der Waals surface area contributed by atoms with Gasteiger partial charge in [-0.1, -0.05) is 16.8 Å². The Labute approximate surface area is 204 Å². The lowest BCUT2D eigenvalue weighted by Crippen LogP contribution is -2.40. The summed E-state index contributed by atoms with van der Waals surface area (Å²) in [6.07, 6.45) is 5.76. The first kappa shape index (κ1) is 23.5. The molecule has 0 bridgehead atoms. The van der Waals surface area contributed by atoms with Gasteiger partial charge in [-0.25, -0.2) is 0 Å². The van der Waals surface area contributed by atoms with Crippen LogP contribution in [-0.2, 0) is 13.5 Å². The number of aryl methyl sites for hydroxylation is 1. The minimum Gasteiger partial charge on any atom is -0.357 e. The largest absolute Gasteiger partial charge is 0.357 e. The van der Waals surface area contributed by atoms with E-state index < -0.39 is 0 Å². The maximum Gasteiger partial charge on any atom is 0.228 e. The molecule has 1 saturated heterocycles. The molecule has 8 nitrogen and oxygen atoms in total. The second-order valence-electron chi connectivity index (χ2n) is 7.38. The molecule has 1 fully saturated rings. The minimum atomic E-state index is 0. The topological polar surface area (TPSA) is 84.4 Å². The number of likely N-dealkylation sites (tertiary alicyclic amines) is 1.